The quantitative estimate of drug-likeness (QED) is 0.712. The Morgan fingerprint density at radius 2 is 1.73 bits per heavy atom. The average Bonchev–Trinajstić information content (AvgIpc) is 2.93. The molecule has 0 unspecified atom stereocenters. The molecule has 1 aliphatic heterocycles. The third kappa shape index (κ3) is 4.47. The van der Waals surface area contributed by atoms with Crippen LogP contribution < -0.4 is 14.8 Å². The first-order valence-corrected chi connectivity index (χ1v) is 8.91. The summed E-state index contributed by atoms with van der Waals surface area (Å²) in [4.78, 5) is 13.9. The van der Waals surface area contributed by atoms with Crippen LogP contribution in [0.4, 0.5) is 18.0 Å². The van der Waals surface area contributed by atoms with Crippen LogP contribution in [0.25, 0.3) is 0 Å². The van der Waals surface area contributed by atoms with Gasteiger partial charge in [0.15, 0.2) is 11.5 Å². The Labute approximate surface area is 155 Å². The number of nitrogens with one attached hydrogen (secondary N) is 1. The predicted molar refractivity (Wildman–Crippen MR) is 91.4 cm³/mol. The van der Waals surface area contributed by atoms with Crippen LogP contribution in [0.5, 0.6) is 11.5 Å². The molecule has 0 spiro atoms. The second-order valence-corrected chi connectivity index (χ2v) is 6.47. The molecule has 1 aliphatic rings. The highest BCUT2D eigenvalue weighted by Crippen LogP contribution is 2.46. The lowest BCUT2D eigenvalue weighted by Gasteiger charge is -2.32. The number of hydrogen-bond acceptors (Lipinski definition) is 3. The van der Waals surface area contributed by atoms with E-state index in [0.717, 1.165) is 12.8 Å². The molecular weight excluding hydrogens is 373 g/mol. The molecule has 2 amide bonds. The van der Waals surface area contributed by atoms with Gasteiger partial charge in [-0.05, 0) is 25.0 Å². The van der Waals surface area contributed by atoms with Crippen molar-refractivity contribution in [2.75, 3.05) is 13.1 Å². The van der Waals surface area contributed by atoms with Gasteiger partial charge >= 0.3 is 18.1 Å². The van der Waals surface area contributed by atoms with Crippen LogP contribution in [0, 0.1) is 0 Å². The maximum Gasteiger partial charge on any atom is 0.492 e. The van der Waals surface area contributed by atoms with E-state index in [1.807, 2.05) is 19.2 Å². The minimum Gasteiger partial charge on any atom is -0.424 e. The van der Waals surface area contributed by atoms with Gasteiger partial charge in [-0.3, -0.25) is 5.32 Å². The summed E-state index contributed by atoms with van der Waals surface area (Å²) in [5, 5.41) is 2.09. The molecule has 5 nitrogen and oxygen atoms in total. The Morgan fingerprint density at radius 1 is 1.15 bits per heavy atom. The van der Waals surface area contributed by atoms with E-state index in [2.05, 4.69) is 0 Å². The Balaban J connectivity index is 2.22. The van der Waals surface area contributed by atoms with E-state index in [1.165, 1.54) is 23.1 Å². The van der Waals surface area contributed by atoms with Crippen LogP contribution in [-0.2, 0) is 0 Å². The minimum absolute atomic E-state index is 0.138. The summed E-state index contributed by atoms with van der Waals surface area (Å²) in [6.07, 6.45) is -1.98. The van der Waals surface area contributed by atoms with Crippen LogP contribution in [0.3, 0.4) is 0 Å². The van der Waals surface area contributed by atoms with Gasteiger partial charge in [-0.1, -0.05) is 38.3 Å². The molecule has 0 saturated carbocycles. The zero-order valence-electron chi connectivity index (χ0n) is 14.7. The van der Waals surface area contributed by atoms with Gasteiger partial charge in [0.25, 0.3) is 0 Å². The fourth-order valence-electron chi connectivity index (χ4n) is 2.45. The maximum atomic E-state index is 13.7. The normalized spacial score (nSPS) is 18.7. The van der Waals surface area contributed by atoms with Crippen molar-refractivity contribution in [1.29, 1.82) is 0 Å². The minimum atomic E-state index is -4.99. The molecular formula is C17H22ClF3N2O3. The summed E-state index contributed by atoms with van der Waals surface area (Å²) >= 11 is 5.79. The number of ether oxygens (including phenoxy) is 2. The van der Waals surface area contributed by atoms with Crippen molar-refractivity contribution in [3.63, 3.8) is 0 Å². The SMILES string of the molecule is CCCCN(CCCC)C(=O)N[C@@]1(C(F)(F)F)Oc2ccc(Cl)cc2O1. The predicted octanol–water partition coefficient (Wildman–Crippen LogP) is 4.94. The number of amides is 2. The van der Waals surface area contributed by atoms with Crippen molar-refractivity contribution in [2.45, 2.75) is 51.6 Å². The summed E-state index contributed by atoms with van der Waals surface area (Å²) in [6.45, 7) is 4.59. The number of fused-ring (bicyclic) bond motifs is 1. The highest BCUT2D eigenvalue weighted by atomic mass is 35.5. The number of alkyl halides is 3. The van der Waals surface area contributed by atoms with Gasteiger partial charge in [0.1, 0.15) is 0 Å². The Bertz CT molecular complexity index is 634. The molecule has 0 aromatic heterocycles. The fourth-order valence-corrected chi connectivity index (χ4v) is 2.61. The van der Waals surface area contributed by atoms with Crippen molar-refractivity contribution >= 4 is 17.6 Å². The topological polar surface area (TPSA) is 50.8 Å². The van der Waals surface area contributed by atoms with Crippen molar-refractivity contribution in [1.82, 2.24) is 10.2 Å². The van der Waals surface area contributed by atoms with E-state index >= 15 is 0 Å². The molecule has 0 aliphatic carbocycles. The van der Waals surface area contributed by atoms with Crippen LogP contribution in [0.1, 0.15) is 39.5 Å². The number of carbonyl (C=O) groups is 1. The van der Waals surface area contributed by atoms with Gasteiger partial charge in [0, 0.05) is 24.2 Å². The van der Waals surface area contributed by atoms with Gasteiger partial charge in [0.05, 0.1) is 0 Å². The first kappa shape index (κ1) is 20.5. The highest BCUT2D eigenvalue weighted by molar-refractivity contribution is 6.30. The van der Waals surface area contributed by atoms with E-state index in [0.29, 0.717) is 25.9 Å². The summed E-state index contributed by atoms with van der Waals surface area (Å²) in [7, 11) is 0. The van der Waals surface area contributed by atoms with Crippen LogP contribution in [0.15, 0.2) is 18.2 Å². The number of hydrogen-bond donors (Lipinski definition) is 1. The summed E-state index contributed by atoms with van der Waals surface area (Å²) in [5.41, 5.74) is 0. The molecule has 146 valence electrons. The molecule has 9 heteroatoms. The van der Waals surface area contributed by atoms with E-state index in [1.54, 1.807) is 0 Å². The van der Waals surface area contributed by atoms with Crippen molar-refractivity contribution < 1.29 is 27.4 Å². The number of urea groups is 1. The zero-order valence-corrected chi connectivity index (χ0v) is 15.4. The highest BCUT2D eigenvalue weighted by Gasteiger charge is 2.66. The van der Waals surface area contributed by atoms with E-state index < -0.39 is 18.1 Å². The van der Waals surface area contributed by atoms with Crippen molar-refractivity contribution in [3.05, 3.63) is 23.2 Å². The molecule has 1 heterocycles. The lowest BCUT2D eigenvalue weighted by molar-refractivity contribution is -0.318. The molecule has 1 N–H and O–H groups in total. The number of nitrogens with zero attached hydrogens (tertiary/aromatic N) is 1. The Hall–Kier alpha value is -1.83. The first-order chi connectivity index (χ1) is 12.2. The second-order valence-electron chi connectivity index (χ2n) is 6.03. The fraction of sp³-hybridized carbons (Fsp3) is 0.588. The van der Waals surface area contributed by atoms with Gasteiger partial charge in [-0.25, -0.2) is 4.79 Å². The van der Waals surface area contributed by atoms with E-state index in [9.17, 15) is 18.0 Å². The molecule has 26 heavy (non-hydrogen) atoms. The van der Waals surface area contributed by atoms with E-state index in [-0.39, 0.29) is 16.5 Å². The molecule has 0 radical (unpaired) electrons. The van der Waals surface area contributed by atoms with Crippen LogP contribution in [0.2, 0.25) is 5.02 Å². The molecule has 0 fully saturated rings. The molecule has 0 bridgehead atoms. The first-order valence-electron chi connectivity index (χ1n) is 8.53. The van der Waals surface area contributed by atoms with Gasteiger partial charge < -0.3 is 14.4 Å². The number of rotatable bonds is 7. The summed E-state index contributed by atoms with van der Waals surface area (Å²) in [5.74, 6) is -3.59. The van der Waals surface area contributed by atoms with Gasteiger partial charge in [-0.2, -0.15) is 13.2 Å². The summed E-state index contributed by atoms with van der Waals surface area (Å²) in [6, 6.07) is 2.97. The molecule has 0 saturated heterocycles. The van der Waals surface area contributed by atoms with Crippen LogP contribution in [-0.4, -0.2) is 36.1 Å². The number of benzene rings is 1. The Kier molecular flexibility index (Phi) is 6.49. The molecule has 1 aromatic carbocycles. The smallest absolute Gasteiger partial charge is 0.424 e. The third-order valence-electron chi connectivity index (χ3n) is 3.91. The van der Waals surface area contributed by atoms with Gasteiger partial charge in [0.2, 0.25) is 0 Å². The summed E-state index contributed by atoms with van der Waals surface area (Å²) < 4.78 is 51.0. The second kappa shape index (κ2) is 8.24. The lowest BCUT2D eigenvalue weighted by Crippen LogP contribution is -2.66. The van der Waals surface area contributed by atoms with Crippen molar-refractivity contribution in [3.8, 4) is 11.5 Å². The van der Waals surface area contributed by atoms with Crippen molar-refractivity contribution in [2.24, 2.45) is 0 Å². The van der Waals surface area contributed by atoms with E-state index in [4.69, 9.17) is 21.1 Å². The lowest BCUT2D eigenvalue weighted by atomic mass is 10.3. The molecule has 2 rings (SSSR count). The van der Waals surface area contributed by atoms with Gasteiger partial charge in [-0.15, -0.1) is 0 Å². The monoisotopic (exact) mass is 394 g/mol. The number of halogens is 4. The third-order valence-corrected chi connectivity index (χ3v) is 4.14. The number of unbranched alkanes of at least 4 members (excludes halogenated alkanes) is 2. The standard InChI is InChI=1S/C17H22ClF3N2O3/c1-3-5-9-23(10-6-4-2)15(24)22-17(16(19,20)21)25-13-8-7-12(18)11-14(13)26-17/h7-8,11H,3-6,9-10H2,1-2H3,(H,22,24)/t17-/m0/s1. The molecule has 1 aromatic rings. The largest absolute Gasteiger partial charge is 0.492 e. The Morgan fingerprint density at radius 3 is 2.27 bits per heavy atom. The maximum absolute atomic E-state index is 13.7. The number of carbonyl (C=O) groups excluding carboxylic acids is 1. The average molecular weight is 395 g/mol. The van der Waals surface area contributed by atoms with Crippen LogP contribution >= 0.6 is 11.6 Å². The zero-order chi connectivity index (χ0) is 19.4. The molecule has 1 atom stereocenters.